The second-order valence-electron chi connectivity index (χ2n) is 6.74. The number of para-hydroxylation sites is 1. The summed E-state index contributed by atoms with van der Waals surface area (Å²) >= 11 is 1.50. The Hall–Kier alpha value is -3.20. The highest BCUT2D eigenvalue weighted by atomic mass is 32.2. The van der Waals surface area contributed by atoms with Crippen LogP contribution in [0.3, 0.4) is 0 Å². The molecule has 2 amide bonds. The van der Waals surface area contributed by atoms with E-state index in [9.17, 15) is 9.59 Å². The molecule has 2 N–H and O–H groups in total. The number of rotatable bonds is 4. The molecule has 0 spiro atoms. The molecule has 0 unspecified atom stereocenters. The number of nitrogens with zero attached hydrogens (tertiary/aromatic N) is 4. The maximum atomic E-state index is 12.9. The average molecular weight is 394 g/mol. The monoisotopic (exact) mass is 394 g/mol. The zero-order valence-corrected chi connectivity index (χ0v) is 16.2. The summed E-state index contributed by atoms with van der Waals surface area (Å²) in [5.41, 5.74) is 1.35. The van der Waals surface area contributed by atoms with Gasteiger partial charge in [0.05, 0.1) is 10.4 Å². The lowest BCUT2D eigenvalue weighted by atomic mass is 10.1. The number of fused-ring (bicyclic) bond motifs is 1. The van der Waals surface area contributed by atoms with E-state index in [0.29, 0.717) is 11.5 Å². The molecule has 0 aliphatic carbocycles. The lowest BCUT2D eigenvalue weighted by molar-refractivity contribution is -0.122. The third kappa shape index (κ3) is 3.48. The van der Waals surface area contributed by atoms with Gasteiger partial charge >= 0.3 is 0 Å². The molecule has 3 aromatic rings. The molecule has 1 aromatic carbocycles. The molecule has 0 bridgehead atoms. The smallest absolute Gasteiger partial charge is 0.249 e. The fourth-order valence-corrected chi connectivity index (χ4v) is 4.10. The minimum atomic E-state index is -0.647. The third-order valence-electron chi connectivity index (χ3n) is 4.23. The SMILES string of the molecule is CC1(C)Sc2ccccc2N(CC(=O)Nc2n[nH]c(-c3ccccn3)n2)C1=O. The van der Waals surface area contributed by atoms with Crippen molar-refractivity contribution < 1.29 is 9.59 Å². The Morgan fingerprint density at radius 3 is 2.79 bits per heavy atom. The summed E-state index contributed by atoms with van der Waals surface area (Å²) in [5, 5.41) is 9.39. The predicted molar refractivity (Wildman–Crippen MR) is 107 cm³/mol. The quantitative estimate of drug-likeness (QED) is 0.705. The zero-order valence-electron chi connectivity index (χ0n) is 15.3. The normalized spacial score (nSPS) is 15.2. The van der Waals surface area contributed by atoms with Gasteiger partial charge < -0.3 is 4.90 Å². The van der Waals surface area contributed by atoms with Gasteiger partial charge in [0.1, 0.15) is 12.2 Å². The van der Waals surface area contributed by atoms with Crippen molar-refractivity contribution in [3.8, 4) is 11.5 Å². The van der Waals surface area contributed by atoms with Gasteiger partial charge in [-0.2, -0.15) is 4.98 Å². The Morgan fingerprint density at radius 2 is 2.00 bits per heavy atom. The highest BCUT2D eigenvalue weighted by Crippen LogP contribution is 2.44. The summed E-state index contributed by atoms with van der Waals surface area (Å²) in [6.45, 7) is 3.60. The van der Waals surface area contributed by atoms with Crippen molar-refractivity contribution in [3.63, 3.8) is 0 Å². The van der Waals surface area contributed by atoms with Gasteiger partial charge in [-0.15, -0.1) is 16.9 Å². The summed E-state index contributed by atoms with van der Waals surface area (Å²) in [4.78, 5) is 36.3. The summed E-state index contributed by atoms with van der Waals surface area (Å²) in [6, 6.07) is 13.0. The summed E-state index contributed by atoms with van der Waals surface area (Å²) < 4.78 is -0.647. The number of aromatic amines is 1. The van der Waals surface area contributed by atoms with Crippen LogP contribution in [0.2, 0.25) is 0 Å². The summed E-state index contributed by atoms with van der Waals surface area (Å²) in [6.07, 6.45) is 1.65. The van der Waals surface area contributed by atoms with Crippen molar-refractivity contribution in [1.82, 2.24) is 20.2 Å². The lowest BCUT2D eigenvalue weighted by Crippen LogP contribution is -2.49. The largest absolute Gasteiger partial charge is 0.301 e. The maximum Gasteiger partial charge on any atom is 0.249 e. The molecule has 1 aliphatic heterocycles. The number of hydrogen-bond acceptors (Lipinski definition) is 6. The van der Waals surface area contributed by atoms with Gasteiger partial charge in [-0.05, 0) is 38.1 Å². The number of carbonyl (C=O) groups is 2. The van der Waals surface area contributed by atoms with E-state index >= 15 is 0 Å². The van der Waals surface area contributed by atoms with Crippen LogP contribution in [0.4, 0.5) is 11.6 Å². The van der Waals surface area contributed by atoms with Crippen LogP contribution in [0.5, 0.6) is 0 Å². The van der Waals surface area contributed by atoms with Crippen LogP contribution in [-0.2, 0) is 9.59 Å². The Morgan fingerprint density at radius 1 is 1.21 bits per heavy atom. The topological polar surface area (TPSA) is 104 Å². The standard InChI is InChI=1S/C19H18N6O2S/c1-19(2)17(27)25(13-8-3-4-9-14(13)28-19)11-15(26)21-18-22-16(23-24-18)12-7-5-6-10-20-12/h3-10H,11H2,1-2H3,(H2,21,22,23,24,26). The number of anilines is 2. The molecule has 3 heterocycles. The number of benzene rings is 1. The minimum absolute atomic E-state index is 0.115. The van der Waals surface area contributed by atoms with Gasteiger partial charge in [0.2, 0.25) is 17.8 Å². The van der Waals surface area contributed by atoms with E-state index in [0.717, 1.165) is 10.6 Å². The van der Waals surface area contributed by atoms with E-state index in [1.54, 1.807) is 18.3 Å². The zero-order chi connectivity index (χ0) is 19.7. The fourth-order valence-electron chi connectivity index (χ4n) is 2.92. The van der Waals surface area contributed by atoms with E-state index in [-0.39, 0.29) is 24.3 Å². The molecule has 9 heteroatoms. The third-order valence-corrected chi connectivity index (χ3v) is 5.48. The minimum Gasteiger partial charge on any atom is -0.301 e. The average Bonchev–Trinajstić information content (AvgIpc) is 3.14. The van der Waals surface area contributed by atoms with Gasteiger partial charge in [-0.3, -0.25) is 25.0 Å². The second kappa shape index (κ2) is 7.08. The molecule has 142 valence electrons. The van der Waals surface area contributed by atoms with Crippen LogP contribution in [0, 0.1) is 0 Å². The first kappa shape index (κ1) is 18.2. The second-order valence-corrected chi connectivity index (χ2v) is 8.41. The molecule has 0 saturated heterocycles. The van der Waals surface area contributed by atoms with Crippen molar-refractivity contribution in [2.45, 2.75) is 23.5 Å². The van der Waals surface area contributed by atoms with Gasteiger partial charge in [-0.1, -0.05) is 18.2 Å². The van der Waals surface area contributed by atoms with Crippen LogP contribution in [0.15, 0.2) is 53.6 Å². The molecular weight excluding hydrogens is 376 g/mol. The van der Waals surface area contributed by atoms with Gasteiger partial charge in [0, 0.05) is 11.1 Å². The highest BCUT2D eigenvalue weighted by Gasteiger charge is 2.40. The van der Waals surface area contributed by atoms with Crippen molar-refractivity contribution >= 4 is 35.2 Å². The summed E-state index contributed by atoms with van der Waals surface area (Å²) in [5.74, 6) is 0.0952. The molecule has 8 nitrogen and oxygen atoms in total. The number of carbonyl (C=O) groups excluding carboxylic acids is 2. The number of pyridine rings is 1. The lowest BCUT2D eigenvalue weighted by Gasteiger charge is -2.37. The Kier molecular flexibility index (Phi) is 4.60. The van der Waals surface area contributed by atoms with E-state index in [1.807, 2.05) is 44.2 Å². The first-order valence-electron chi connectivity index (χ1n) is 8.68. The highest BCUT2D eigenvalue weighted by molar-refractivity contribution is 8.01. The van der Waals surface area contributed by atoms with Crippen LogP contribution in [0.1, 0.15) is 13.8 Å². The van der Waals surface area contributed by atoms with Crippen LogP contribution < -0.4 is 10.2 Å². The molecule has 0 radical (unpaired) electrons. The van der Waals surface area contributed by atoms with E-state index < -0.39 is 4.75 Å². The van der Waals surface area contributed by atoms with Crippen LogP contribution in [0.25, 0.3) is 11.5 Å². The number of aromatic nitrogens is 4. The number of hydrogen-bond donors (Lipinski definition) is 2. The van der Waals surface area contributed by atoms with E-state index in [4.69, 9.17) is 0 Å². The first-order chi connectivity index (χ1) is 13.4. The number of nitrogens with one attached hydrogen (secondary N) is 2. The molecule has 0 fully saturated rings. The van der Waals surface area contributed by atoms with Gasteiger partial charge in [-0.25, -0.2) is 0 Å². The fraction of sp³-hybridized carbons (Fsp3) is 0.211. The van der Waals surface area contributed by atoms with E-state index in [1.165, 1.54) is 16.7 Å². The maximum absolute atomic E-state index is 12.9. The number of H-pyrrole nitrogens is 1. The molecular formula is C19H18N6O2S. The van der Waals surface area contributed by atoms with Crippen molar-refractivity contribution in [3.05, 3.63) is 48.7 Å². The Balaban J connectivity index is 1.51. The predicted octanol–water partition coefficient (Wildman–Crippen LogP) is 2.72. The Labute approximate surface area is 165 Å². The molecule has 0 saturated carbocycles. The molecule has 4 rings (SSSR count). The summed E-state index contributed by atoms with van der Waals surface area (Å²) in [7, 11) is 0. The Bertz CT molecular complexity index is 1030. The van der Waals surface area contributed by atoms with Crippen LogP contribution in [-0.4, -0.2) is 43.3 Å². The van der Waals surface area contributed by atoms with Crippen molar-refractivity contribution in [2.75, 3.05) is 16.8 Å². The molecule has 1 aliphatic rings. The van der Waals surface area contributed by atoms with Gasteiger partial charge in [0.25, 0.3) is 0 Å². The van der Waals surface area contributed by atoms with Gasteiger partial charge in [0.15, 0.2) is 5.82 Å². The van der Waals surface area contributed by atoms with Crippen molar-refractivity contribution in [2.24, 2.45) is 0 Å². The first-order valence-corrected chi connectivity index (χ1v) is 9.49. The molecule has 2 aromatic heterocycles. The van der Waals surface area contributed by atoms with E-state index in [2.05, 4.69) is 25.5 Å². The molecule has 28 heavy (non-hydrogen) atoms. The van der Waals surface area contributed by atoms with Crippen LogP contribution >= 0.6 is 11.8 Å². The number of thioether (sulfide) groups is 1. The number of amides is 2. The molecule has 0 atom stereocenters. The van der Waals surface area contributed by atoms with Crippen molar-refractivity contribution in [1.29, 1.82) is 0 Å².